The van der Waals surface area contributed by atoms with Gasteiger partial charge in [-0.3, -0.25) is 10.00 Å². The molecule has 0 spiro atoms. The van der Waals surface area contributed by atoms with Crippen LogP contribution in [0, 0.1) is 6.92 Å². The van der Waals surface area contributed by atoms with Gasteiger partial charge in [0, 0.05) is 18.0 Å². The fourth-order valence-electron chi connectivity index (χ4n) is 2.04. The standard InChI is InChI=1S/C15H22N6O/c1-10(12-9-21(15(3,4)5)20-11(12)2)17-14(22)18-13-7-6-8-16-19-13/h6-10H,1-5H3,(H2,17,18,19,22)/t10-/m0/s1. The van der Waals surface area contributed by atoms with Crippen molar-refractivity contribution >= 4 is 11.8 Å². The number of urea groups is 1. The molecule has 0 saturated carbocycles. The monoisotopic (exact) mass is 302 g/mol. The second-order valence-corrected chi connectivity index (χ2v) is 6.21. The molecule has 2 aromatic rings. The van der Waals surface area contributed by atoms with Gasteiger partial charge in [-0.05, 0) is 46.8 Å². The molecule has 0 saturated heterocycles. The molecule has 0 radical (unpaired) electrons. The van der Waals surface area contributed by atoms with Crippen molar-refractivity contribution in [3.05, 3.63) is 35.8 Å². The van der Waals surface area contributed by atoms with Gasteiger partial charge in [0.15, 0.2) is 5.82 Å². The van der Waals surface area contributed by atoms with Crippen LogP contribution >= 0.6 is 0 Å². The van der Waals surface area contributed by atoms with Gasteiger partial charge in [-0.15, -0.1) is 5.10 Å². The van der Waals surface area contributed by atoms with Crippen LogP contribution in [0.3, 0.4) is 0 Å². The van der Waals surface area contributed by atoms with Crippen LogP contribution in [-0.2, 0) is 5.54 Å². The van der Waals surface area contributed by atoms with Gasteiger partial charge < -0.3 is 5.32 Å². The third kappa shape index (κ3) is 3.81. The lowest BCUT2D eigenvalue weighted by molar-refractivity contribution is 0.249. The summed E-state index contributed by atoms with van der Waals surface area (Å²) in [5.41, 5.74) is 1.80. The normalized spacial score (nSPS) is 12.8. The van der Waals surface area contributed by atoms with E-state index in [2.05, 4.69) is 46.7 Å². The second kappa shape index (κ2) is 6.13. The number of aromatic nitrogens is 4. The van der Waals surface area contributed by atoms with E-state index in [4.69, 9.17) is 0 Å². The minimum absolute atomic E-state index is 0.0926. The van der Waals surface area contributed by atoms with Crippen LogP contribution in [0.4, 0.5) is 10.6 Å². The number of anilines is 1. The fourth-order valence-corrected chi connectivity index (χ4v) is 2.04. The van der Waals surface area contributed by atoms with Crippen molar-refractivity contribution in [3.8, 4) is 0 Å². The van der Waals surface area contributed by atoms with E-state index in [9.17, 15) is 4.79 Å². The summed E-state index contributed by atoms with van der Waals surface area (Å²) in [4.78, 5) is 12.0. The van der Waals surface area contributed by atoms with Crippen LogP contribution in [0.25, 0.3) is 0 Å². The first-order chi connectivity index (χ1) is 10.3. The Kier molecular flexibility index (Phi) is 4.44. The highest BCUT2D eigenvalue weighted by Crippen LogP contribution is 2.21. The van der Waals surface area contributed by atoms with E-state index in [0.717, 1.165) is 11.3 Å². The Hall–Kier alpha value is -2.44. The van der Waals surface area contributed by atoms with Crippen molar-refractivity contribution in [1.82, 2.24) is 25.3 Å². The van der Waals surface area contributed by atoms with E-state index < -0.39 is 0 Å². The lowest BCUT2D eigenvalue weighted by Gasteiger charge is -2.19. The van der Waals surface area contributed by atoms with E-state index in [1.54, 1.807) is 18.3 Å². The molecule has 2 N–H and O–H groups in total. The van der Waals surface area contributed by atoms with E-state index in [1.807, 2.05) is 24.7 Å². The smallest absolute Gasteiger partial charge is 0.320 e. The Morgan fingerprint density at radius 1 is 1.36 bits per heavy atom. The molecule has 0 unspecified atom stereocenters. The topological polar surface area (TPSA) is 84.7 Å². The number of hydrogen-bond acceptors (Lipinski definition) is 4. The molecule has 0 aliphatic rings. The fraction of sp³-hybridized carbons (Fsp3) is 0.467. The van der Waals surface area contributed by atoms with Gasteiger partial charge >= 0.3 is 6.03 Å². The van der Waals surface area contributed by atoms with E-state index in [1.165, 1.54) is 0 Å². The van der Waals surface area contributed by atoms with Crippen LogP contribution in [0.1, 0.15) is 45.0 Å². The zero-order valence-electron chi connectivity index (χ0n) is 13.6. The van der Waals surface area contributed by atoms with Gasteiger partial charge in [0.2, 0.25) is 0 Å². The Bertz CT molecular complexity index is 644. The average molecular weight is 302 g/mol. The molecule has 7 heteroatoms. The first-order valence-electron chi connectivity index (χ1n) is 7.19. The van der Waals surface area contributed by atoms with E-state index in [-0.39, 0.29) is 17.6 Å². The number of nitrogens with one attached hydrogen (secondary N) is 2. The average Bonchev–Trinajstić information content (AvgIpc) is 2.82. The molecule has 0 bridgehead atoms. The first kappa shape index (κ1) is 15.9. The Morgan fingerprint density at radius 2 is 2.09 bits per heavy atom. The van der Waals surface area contributed by atoms with Crippen LogP contribution in [0.2, 0.25) is 0 Å². The highest BCUT2D eigenvalue weighted by atomic mass is 16.2. The highest BCUT2D eigenvalue weighted by molar-refractivity contribution is 5.88. The van der Waals surface area contributed by atoms with Crippen molar-refractivity contribution < 1.29 is 4.79 Å². The van der Waals surface area contributed by atoms with Crippen molar-refractivity contribution in [2.24, 2.45) is 0 Å². The molecule has 0 fully saturated rings. The predicted octanol–water partition coefficient (Wildman–Crippen LogP) is 2.62. The number of hydrogen-bond donors (Lipinski definition) is 2. The SMILES string of the molecule is Cc1nn(C(C)(C)C)cc1[C@H](C)NC(=O)Nc1cccnn1. The predicted molar refractivity (Wildman–Crippen MR) is 84.6 cm³/mol. The number of nitrogens with zero attached hydrogens (tertiary/aromatic N) is 4. The van der Waals surface area contributed by atoms with Gasteiger partial charge in [0.05, 0.1) is 17.3 Å². The maximum absolute atomic E-state index is 12.0. The highest BCUT2D eigenvalue weighted by Gasteiger charge is 2.20. The lowest BCUT2D eigenvalue weighted by Crippen LogP contribution is -2.31. The molecule has 22 heavy (non-hydrogen) atoms. The lowest BCUT2D eigenvalue weighted by atomic mass is 10.1. The molecule has 2 heterocycles. The van der Waals surface area contributed by atoms with Gasteiger partial charge in [-0.25, -0.2) is 4.79 Å². The van der Waals surface area contributed by atoms with Crippen LogP contribution in [-0.4, -0.2) is 26.0 Å². The Labute approximate surface area is 130 Å². The first-order valence-corrected chi connectivity index (χ1v) is 7.19. The molecule has 2 amide bonds. The maximum atomic E-state index is 12.0. The molecule has 1 atom stereocenters. The molecule has 2 aromatic heterocycles. The molecule has 0 aliphatic carbocycles. The number of amides is 2. The Balaban J connectivity index is 2.04. The summed E-state index contributed by atoms with van der Waals surface area (Å²) in [6.07, 6.45) is 3.53. The molecule has 118 valence electrons. The summed E-state index contributed by atoms with van der Waals surface area (Å²) in [6, 6.07) is 2.91. The van der Waals surface area contributed by atoms with Gasteiger partial charge in [-0.2, -0.15) is 10.2 Å². The van der Waals surface area contributed by atoms with Crippen molar-refractivity contribution in [2.45, 2.75) is 46.2 Å². The van der Waals surface area contributed by atoms with Crippen LogP contribution in [0.15, 0.2) is 24.5 Å². The number of carbonyl (C=O) groups is 1. The minimum atomic E-state index is -0.323. The number of aryl methyl sites for hydroxylation is 1. The second-order valence-electron chi connectivity index (χ2n) is 6.21. The van der Waals surface area contributed by atoms with Gasteiger partial charge in [-0.1, -0.05) is 0 Å². The van der Waals surface area contributed by atoms with Crippen molar-refractivity contribution in [3.63, 3.8) is 0 Å². The Morgan fingerprint density at radius 3 is 2.64 bits per heavy atom. The summed E-state index contributed by atoms with van der Waals surface area (Å²) < 4.78 is 1.91. The summed E-state index contributed by atoms with van der Waals surface area (Å²) in [6.45, 7) is 10.1. The molecule has 7 nitrogen and oxygen atoms in total. The zero-order valence-corrected chi connectivity index (χ0v) is 13.6. The largest absolute Gasteiger partial charge is 0.331 e. The van der Waals surface area contributed by atoms with Gasteiger partial charge in [0.25, 0.3) is 0 Å². The van der Waals surface area contributed by atoms with Crippen LogP contribution in [0.5, 0.6) is 0 Å². The van der Waals surface area contributed by atoms with Crippen LogP contribution < -0.4 is 10.6 Å². The molecule has 0 aromatic carbocycles. The quantitative estimate of drug-likeness (QED) is 0.912. The summed E-state index contributed by atoms with van der Waals surface area (Å²) >= 11 is 0. The van der Waals surface area contributed by atoms with E-state index >= 15 is 0 Å². The summed E-state index contributed by atoms with van der Waals surface area (Å²) in [5, 5.41) is 17.6. The summed E-state index contributed by atoms with van der Waals surface area (Å²) in [7, 11) is 0. The molecular formula is C15H22N6O. The summed E-state index contributed by atoms with van der Waals surface area (Å²) in [5.74, 6) is 0.411. The van der Waals surface area contributed by atoms with E-state index in [0.29, 0.717) is 5.82 Å². The number of carbonyl (C=O) groups excluding carboxylic acids is 1. The van der Waals surface area contributed by atoms with Crippen molar-refractivity contribution in [2.75, 3.05) is 5.32 Å². The zero-order chi connectivity index (χ0) is 16.3. The third-order valence-electron chi connectivity index (χ3n) is 3.25. The third-order valence-corrected chi connectivity index (χ3v) is 3.25. The maximum Gasteiger partial charge on any atom is 0.320 e. The molecule has 2 rings (SSSR count). The minimum Gasteiger partial charge on any atom is -0.331 e. The van der Waals surface area contributed by atoms with Gasteiger partial charge in [0.1, 0.15) is 0 Å². The molecular weight excluding hydrogens is 280 g/mol. The van der Waals surface area contributed by atoms with Crippen molar-refractivity contribution in [1.29, 1.82) is 0 Å². The number of rotatable bonds is 3. The molecule has 0 aliphatic heterocycles.